The molecule has 0 aliphatic heterocycles. The molecule has 9 heteroatoms. The summed E-state index contributed by atoms with van der Waals surface area (Å²) in [5, 5.41) is 3.89. The first-order valence-corrected chi connectivity index (χ1v) is 11.5. The zero-order valence-corrected chi connectivity index (χ0v) is 19.4. The lowest BCUT2D eigenvalue weighted by molar-refractivity contribution is -0.113. The average Bonchev–Trinajstić information content (AvgIpc) is 3.25. The first kappa shape index (κ1) is 21.9. The highest BCUT2D eigenvalue weighted by Gasteiger charge is 2.15. The third-order valence-corrected chi connectivity index (χ3v) is 6.91. The van der Waals surface area contributed by atoms with Crippen LogP contribution in [-0.4, -0.2) is 35.4 Å². The zero-order chi connectivity index (χ0) is 22.7. The number of ether oxygens (including phenoxy) is 2. The molecule has 0 saturated carbocycles. The van der Waals surface area contributed by atoms with Gasteiger partial charge in [0.2, 0.25) is 5.91 Å². The van der Waals surface area contributed by atoms with Crippen LogP contribution >= 0.6 is 23.1 Å². The van der Waals surface area contributed by atoms with Gasteiger partial charge in [-0.25, -0.2) is 4.98 Å². The highest BCUT2D eigenvalue weighted by molar-refractivity contribution is 7.99. The minimum atomic E-state index is -0.232. The fourth-order valence-electron chi connectivity index (χ4n) is 3.14. The molecule has 0 fully saturated rings. The SMILES string of the molecule is COc1ccc(NC(=O)CSc2nc3sc(-c4ccccc4)cc3c(=O)n2C)c(OC)c1. The van der Waals surface area contributed by atoms with E-state index in [9.17, 15) is 9.59 Å². The van der Waals surface area contributed by atoms with Crippen molar-refractivity contribution >= 4 is 44.9 Å². The molecule has 0 aliphatic rings. The first-order valence-electron chi connectivity index (χ1n) is 9.71. The van der Waals surface area contributed by atoms with Crippen molar-refractivity contribution < 1.29 is 14.3 Å². The number of anilines is 1. The van der Waals surface area contributed by atoms with Crippen LogP contribution in [-0.2, 0) is 11.8 Å². The summed E-state index contributed by atoms with van der Waals surface area (Å²) < 4.78 is 12.0. The summed E-state index contributed by atoms with van der Waals surface area (Å²) in [5.41, 5.74) is 1.45. The number of nitrogens with one attached hydrogen (secondary N) is 1. The predicted molar refractivity (Wildman–Crippen MR) is 129 cm³/mol. The molecule has 0 aliphatic carbocycles. The molecule has 1 amide bonds. The van der Waals surface area contributed by atoms with Crippen LogP contribution in [0.2, 0.25) is 0 Å². The summed E-state index contributed by atoms with van der Waals surface area (Å²) in [6, 6.07) is 16.9. The van der Waals surface area contributed by atoms with E-state index in [4.69, 9.17) is 9.47 Å². The molecule has 4 rings (SSSR count). The van der Waals surface area contributed by atoms with Crippen LogP contribution in [0.15, 0.2) is 64.5 Å². The zero-order valence-electron chi connectivity index (χ0n) is 17.7. The van der Waals surface area contributed by atoms with Gasteiger partial charge in [0, 0.05) is 18.0 Å². The summed E-state index contributed by atoms with van der Waals surface area (Å²) in [5.74, 6) is 0.996. The van der Waals surface area contributed by atoms with Crippen LogP contribution in [0.1, 0.15) is 0 Å². The first-order chi connectivity index (χ1) is 15.5. The van der Waals surface area contributed by atoms with Crippen molar-refractivity contribution in [2.75, 3.05) is 25.3 Å². The summed E-state index contributed by atoms with van der Waals surface area (Å²) in [6.07, 6.45) is 0. The molecule has 0 unspecified atom stereocenters. The number of thiophene rings is 1. The molecule has 4 aromatic rings. The molecule has 0 atom stereocenters. The Labute approximate surface area is 193 Å². The lowest BCUT2D eigenvalue weighted by Crippen LogP contribution is -2.21. The van der Waals surface area contributed by atoms with Crippen molar-refractivity contribution in [1.29, 1.82) is 0 Å². The van der Waals surface area contributed by atoms with Crippen LogP contribution in [0.25, 0.3) is 20.7 Å². The van der Waals surface area contributed by atoms with E-state index < -0.39 is 0 Å². The Hall–Kier alpha value is -3.30. The van der Waals surface area contributed by atoms with Gasteiger partial charge in [0.15, 0.2) is 5.16 Å². The van der Waals surface area contributed by atoms with Crippen LogP contribution in [0.3, 0.4) is 0 Å². The molecule has 2 aromatic heterocycles. The number of methoxy groups -OCH3 is 2. The van der Waals surface area contributed by atoms with E-state index in [0.29, 0.717) is 32.6 Å². The molecule has 0 radical (unpaired) electrons. The van der Waals surface area contributed by atoms with Crippen molar-refractivity contribution in [2.45, 2.75) is 5.16 Å². The molecule has 7 nitrogen and oxygen atoms in total. The number of aromatic nitrogens is 2. The maximum absolute atomic E-state index is 12.9. The third kappa shape index (κ3) is 4.49. The van der Waals surface area contributed by atoms with Gasteiger partial charge in [-0.2, -0.15) is 0 Å². The fraction of sp³-hybridized carbons (Fsp3) is 0.174. The smallest absolute Gasteiger partial charge is 0.262 e. The van der Waals surface area contributed by atoms with E-state index in [1.807, 2.05) is 36.4 Å². The van der Waals surface area contributed by atoms with Crippen molar-refractivity contribution in [2.24, 2.45) is 7.05 Å². The molecule has 2 aromatic carbocycles. The molecule has 0 saturated heterocycles. The second-order valence-corrected chi connectivity index (χ2v) is 8.83. The summed E-state index contributed by atoms with van der Waals surface area (Å²) in [4.78, 5) is 31.7. The summed E-state index contributed by atoms with van der Waals surface area (Å²) >= 11 is 2.68. The maximum Gasteiger partial charge on any atom is 0.262 e. The Morgan fingerprint density at radius 3 is 2.62 bits per heavy atom. The monoisotopic (exact) mass is 467 g/mol. The molecule has 0 bridgehead atoms. The van der Waals surface area contributed by atoms with Crippen LogP contribution in [0.5, 0.6) is 11.5 Å². The largest absolute Gasteiger partial charge is 0.497 e. The van der Waals surface area contributed by atoms with Crippen molar-refractivity contribution in [3.05, 3.63) is 65.0 Å². The second kappa shape index (κ2) is 9.46. The molecule has 164 valence electrons. The molecule has 1 N–H and O–H groups in total. The van der Waals surface area contributed by atoms with Gasteiger partial charge in [0.1, 0.15) is 16.3 Å². The Kier molecular flexibility index (Phi) is 6.48. The second-order valence-electron chi connectivity index (χ2n) is 6.86. The number of amides is 1. The van der Waals surface area contributed by atoms with E-state index in [1.165, 1.54) is 34.8 Å². The summed E-state index contributed by atoms with van der Waals surface area (Å²) in [7, 11) is 4.76. The van der Waals surface area contributed by atoms with E-state index >= 15 is 0 Å². The Morgan fingerprint density at radius 1 is 1.12 bits per heavy atom. The normalized spacial score (nSPS) is 10.8. The van der Waals surface area contributed by atoms with Gasteiger partial charge in [-0.15, -0.1) is 11.3 Å². The summed E-state index contributed by atoms with van der Waals surface area (Å²) in [6.45, 7) is 0. The quantitative estimate of drug-likeness (QED) is 0.320. The number of rotatable bonds is 7. The molecule has 2 heterocycles. The number of thioether (sulfide) groups is 1. The Morgan fingerprint density at radius 2 is 1.91 bits per heavy atom. The van der Waals surface area contributed by atoms with E-state index in [2.05, 4.69) is 10.3 Å². The highest BCUT2D eigenvalue weighted by atomic mass is 32.2. The van der Waals surface area contributed by atoms with Gasteiger partial charge in [0.05, 0.1) is 31.0 Å². The molecular weight excluding hydrogens is 446 g/mol. The van der Waals surface area contributed by atoms with Gasteiger partial charge < -0.3 is 14.8 Å². The molecule has 32 heavy (non-hydrogen) atoms. The maximum atomic E-state index is 12.9. The van der Waals surface area contributed by atoms with Crippen molar-refractivity contribution in [3.8, 4) is 21.9 Å². The minimum absolute atomic E-state index is 0.0951. The van der Waals surface area contributed by atoms with Crippen LogP contribution in [0, 0.1) is 0 Å². The van der Waals surface area contributed by atoms with Crippen LogP contribution < -0.4 is 20.3 Å². The fourth-order valence-corrected chi connectivity index (χ4v) is 4.99. The van der Waals surface area contributed by atoms with Gasteiger partial charge in [0.25, 0.3) is 5.56 Å². The third-order valence-electron chi connectivity index (χ3n) is 4.81. The molecule has 0 spiro atoms. The van der Waals surface area contributed by atoms with E-state index in [-0.39, 0.29) is 17.2 Å². The molecular formula is C23H21N3O4S2. The number of hydrogen-bond acceptors (Lipinski definition) is 7. The van der Waals surface area contributed by atoms with E-state index in [1.54, 1.807) is 32.4 Å². The number of carbonyl (C=O) groups is 1. The average molecular weight is 468 g/mol. The highest BCUT2D eigenvalue weighted by Crippen LogP contribution is 2.32. The Balaban J connectivity index is 1.52. The van der Waals surface area contributed by atoms with Gasteiger partial charge >= 0.3 is 0 Å². The minimum Gasteiger partial charge on any atom is -0.497 e. The number of benzene rings is 2. The lowest BCUT2D eigenvalue weighted by Gasteiger charge is -2.12. The van der Waals surface area contributed by atoms with Crippen molar-refractivity contribution in [3.63, 3.8) is 0 Å². The standard InChI is InChI=1S/C23H21N3O4S2/c1-26-22(28)16-12-19(14-7-5-4-6-8-14)32-21(16)25-23(26)31-13-20(27)24-17-10-9-15(29-2)11-18(17)30-3/h4-12H,13H2,1-3H3,(H,24,27). The van der Waals surface area contributed by atoms with Gasteiger partial charge in [-0.3, -0.25) is 14.2 Å². The predicted octanol–water partition coefficient (Wildman–Crippen LogP) is 4.41. The number of carbonyl (C=O) groups excluding carboxylic acids is 1. The number of hydrogen-bond donors (Lipinski definition) is 1. The number of nitrogens with zero attached hydrogens (tertiary/aromatic N) is 2. The Bertz CT molecular complexity index is 1330. The van der Waals surface area contributed by atoms with Gasteiger partial charge in [-0.05, 0) is 23.8 Å². The van der Waals surface area contributed by atoms with Crippen molar-refractivity contribution in [1.82, 2.24) is 9.55 Å². The number of fused-ring (bicyclic) bond motifs is 1. The topological polar surface area (TPSA) is 82.5 Å². The lowest BCUT2D eigenvalue weighted by atomic mass is 10.2. The van der Waals surface area contributed by atoms with Crippen LogP contribution in [0.4, 0.5) is 5.69 Å². The van der Waals surface area contributed by atoms with Gasteiger partial charge in [-0.1, -0.05) is 42.1 Å². The van der Waals surface area contributed by atoms with E-state index in [0.717, 1.165) is 10.4 Å².